The highest BCUT2D eigenvalue weighted by molar-refractivity contribution is 6.08. The number of benzene rings is 2. The number of methoxy groups -OCH3 is 1. The van der Waals surface area contributed by atoms with Crippen molar-refractivity contribution in [3.8, 4) is 5.75 Å². The van der Waals surface area contributed by atoms with Gasteiger partial charge in [0.05, 0.1) is 25.9 Å². The Kier molecular flexibility index (Phi) is 4.79. The minimum absolute atomic E-state index is 0.0216. The topological polar surface area (TPSA) is 55.9 Å². The van der Waals surface area contributed by atoms with Crippen LogP contribution in [-0.4, -0.2) is 32.1 Å². The highest BCUT2D eigenvalue weighted by Crippen LogP contribution is 2.36. The second-order valence-electron chi connectivity index (χ2n) is 7.70. The zero-order valence-electron chi connectivity index (χ0n) is 16.2. The van der Waals surface area contributed by atoms with E-state index < -0.39 is 0 Å². The van der Waals surface area contributed by atoms with Crippen LogP contribution in [0.25, 0.3) is 21.9 Å². The van der Waals surface area contributed by atoms with E-state index in [0.29, 0.717) is 11.4 Å². The smallest absolute Gasteiger partial charge is 0.282 e. The van der Waals surface area contributed by atoms with E-state index in [1.54, 1.807) is 7.11 Å². The summed E-state index contributed by atoms with van der Waals surface area (Å²) >= 11 is 0. The fraction of sp³-hybridized carbons (Fsp3) is 0.409. The SMILES string of the molecule is COc1cc2c(cc1NC(=O)[C@H](C)[NH+]1CCC(C)CC1)oc1ccccc12. The quantitative estimate of drug-likeness (QED) is 0.744. The molecular formula is C22H27N2O3+. The van der Waals surface area contributed by atoms with Crippen molar-refractivity contribution in [3.63, 3.8) is 0 Å². The van der Waals surface area contributed by atoms with Crippen LogP contribution < -0.4 is 15.0 Å². The van der Waals surface area contributed by atoms with Crippen molar-refractivity contribution in [2.75, 3.05) is 25.5 Å². The van der Waals surface area contributed by atoms with Crippen LogP contribution in [0.15, 0.2) is 40.8 Å². The molecule has 1 atom stereocenters. The van der Waals surface area contributed by atoms with Crippen LogP contribution in [0.5, 0.6) is 5.75 Å². The molecule has 1 aliphatic heterocycles. The van der Waals surface area contributed by atoms with Crippen molar-refractivity contribution < 1.29 is 18.8 Å². The second kappa shape index (κ2) is 7.24. The lowest BCUT2D eigenvalue weighted by Crippen LogP contribution is -3.17. The number of anilines is 1. The third-order valence-electron chi connectivity index (χ3n) is 5.88. The summed E-state index contributed by atoms with van der Waals surface area (Å²) in [5, 5.41) is 5.10. The molecule has 27 heavy (non-hydrogen) atoms. The third-order valence-corrected chi connectivity index (χ3v) is 5.88. The molecule has 4 rings (SSSR count). The van der Waals surface area contributed by atoms with Crippen LogP contribution in [0, 0.1) is 5.92 Å². The van der Waals surface area contributed by atoms with Gasteiger partial charge in [-0.05, 0) is 37.8 Å². The van der Waals surface area contributed by atoms with Gasteiger partial charge in [-0.1, -0.05) is 25.1 Å². The van der Waals surface area contributed by atoms with Gasteiger partial charge in [0, 0.05) is 16.8 Å². The van der Waals surface area contributed by atoms with E-state index >= 15 is 0 Å². The lowest BCUT2D eigenvalue weighted by Gasteiger charge is -2.31. The van der Waals surface area contributed by atoms with Gasteiger partial charge in [0.25, 0.3) is 5.91 Å². The highest BCUT2D eigenvalue weighted by atomic mass is 16.5. The molecule has 0 unspecified atom stereocenters. The number of hydrogen-bond donors (Lipinski definition) is 2. The summed E-state index contributed by atoms with van der Waals surface area (Å²) in [7, 11) is 1.62. The van der Waals surface area contributed by atoms with Gasteiger partial charge in [0.1, 0.15) is 16.9 Å². The Hall–Kier alpha value is -2.53. The van der Waals surface area contributed by atoms with Crippen molar-refractivity contribution in [1.82, 2.24) is 0 Å². The summed E-state index contributed by atoms with van der Waals surface area (Å²) in [6, 6.07) is 11.6. The lowest BCUT2D eigenvalue weighted by atomic mass is 9.98. The third kappa shape index (κ3) is 3.39. The van der Waals surface area contributed by atoms with E-state index in [2.05, 4.69) is 12.2 Å². The average molecular weight is 367 g/mol. The van der Waals surface area contributed by atoms with Crippen molar-refractivity contribution in [1.29, 1.82) is 0 Å². The number of quaternary nitrogens is 1. The molecule has 5 nitrogen and oxygen atoms in total. The summed E-state index contributed by atoms with van der Waals surface area (Å²) in [6.45, 7) is 6.40. The Bertz CT molecular complexity index is 970. The van der Waals surface area contributed by atoms with Crippen LogP contribution in [0.1, 0.15) is 26.7 Å². The molecule has 5 heteroatoms. The number of carbonyl (C=O) groups is 1. The fourth-order valence-electron chi connectivity index (χ4n) is 4.01. The average Bonchev–Trinajstić information content (AvgIpc) is 3.04. The maximum atomic E-state index is 12.9. The van der Waals surface area contributed by atoms with Gasteiger partial charge in [-0.2, -0.15) is 0 Å². The number of carbonyl (C=O) groups excluding carboxylic acids is 1. The van der Waals surface area contributed by atoms with Gasteiger partial charge in [0.15, 0.2) is 6.04 Å². The lowest BCUT2D eigenvalue weighted by molar-refractivity contribution is -0.919. The molecule has 1 fully saturated rings. The summed E-state index contributed by atoms with van der Waals surface area (Å²) < 4.78 is 11.5. The van der Waals surface area contributed by atoms with E-state index in [-0.39, 0.29) is 11.9 Å². The number of ether oxygens (including phenoxy) is 1. The van der Waals surface area contributed by atoms with Gasteiger partial charge >= 0.3 is 0 Å². The Morgan fingerprint density at radius 1 is 1.19 bits per heavy atom. The zero-order chi connectivity index (χ0) is 19.0. The number of para-hydroxylation sites is 1. The largest absolute Gasteiger partial charge is 0.495 e. The monoisotopic (exact) mass is 367 g/mol. The van der Waals surface area contributed by atoms with Gasteiger partial charge in [-0.25, -0.2) is 0 Å². The number of nitrogens with one attached hydrogen (secondary N) is 2. The molecule has 1 amide bonds. The first-order valence-corrected chi connectivity index (χ1v) is 9.71. The van der Waals surface area contributed by atoms with Gasteiger partial charge in [-0.15, -0.1) is 0 Å². The van der Waals surface area contributed by atoms with Crippen LogP contribution in [0.4, 0.5) is 5.69 Å². The minimum Gasteiger partial charge on any atom is -0.495 e. The molecular weight excluding hydrogens is 340 g/mol. The van der Waals surface area contributed by atoms with Crippen LogP contribution in [0.2, 0.25) is 0 Å². The molecule has 3 aromatic rings. The zero-order valence-corrected chi connectivity index (χ0v) is 16.2. The fourth-order valence-corrected chi connectivity index (χ4v) is 4.01. The predicted octanol–water partition coefficient (Wildman–Crippen LogP) is 3.24. The van der Waals surface area contributed by atoms with E-state index in [1.807, 2.05) is 43.3 Å². The number of hydrogen-bond acceptors (Lipinski definition) is 3. The first kappa shape index (κ1) is 17.9. The normalized spacial score (nSPS) is 21.3. The number of rotatable bonds is 4. The van der Waals surface area contributed by atoms with Crippen LogP contribution >= 0.6 is 0 Å². The van der Waals surface area contributed by atoms with E-state index in [1.165, 1.54) is 17.7 Å². The van der Waals surface area contributed by atoms with E-state index in [9.17, 15) is 4.79 Å². The number of furan rings is 1. The van der Waals surface area contributed by atoms with Crippen molar-refractivity contribution in [2.24, 2.45) is 5.92 Å². The standard InChI is InChI=1S/C22H26N2O3/c1-14-8-10-24(11-9-14)15(2)22(25)23-18-13-20-17(12-21(18)26-3)16-6-4-5-7-19(16)27-20/h4-7,12-15H,8-11H2,1-3H3,(H,23,25)/p+1/t15-/m0/s1. The van der Waals surface area contributed by atoms with Gasteiger partial charge in [0.2, 0.25) is 0 Å². The second-order valence-corrected chi connectivity index (χ2v) is 7.70. The Morgan fingerprint density at radius 3 is 2.67 bits per heavy atom. The summed E-state index contributed by atoms with van der Waals surface area (Å²) in [6.07, 6.45) is 2.36. The minimum atomic E-state index is -0.0893. The molecule has 0 bridgehead atoms. The van der Waals surface area contributed by atoms with Crippen LogP contribution in [0.3, 0.4) is 0 Å². The maximum absolute atomic E-state index is 12.9. The molecule has 0 radical (unpaired) electrons. The number of piperidine rings is 1. The Balaban J connectivity index is 1.60. The Labute approximate surface area is 159 Å². The van der Waals surface area contributed by atoms with E-state index in [4.69, 9.17) is 9.15 Å². The number of likely N-dealkylation sites (tertiary alicyclic amines) is 1. The Morgan fingerprint density at radius 2 is 1.93 bits per heavy atom. The maximum Gasteiger partial charge on any atom is 0.282 e. The molecule has 0 spiro atoms. The highest BCUT2D eigenvalue weighted by Gasteiger charge is 2.29. The first-order chi connectivity index (χ1) is 13.1. The molecule has 142 valence electrons. The summed E-state index contributed by atoms with van der Waals surface area (Å²) in [4.78, 5) is 14.2. The van der Waals surface area contributed by atoms with Gasteiger partial charge in [-0.3, -0.25) is 4.79 Å². The summed E-state index contributed by atoms with van der Waals surface area (Å²) in [5.41, 5.74) is 2.24. The van der Waals surface area contributed by atoms with Crippen molar-refractivity contribution in [3.05, 3.63) is 36.4 Å². The molecule has 0 aliphatic carbocycles. The van der Waals surface area contributed by atoms with Crippen LogP contribution in [-0.2, 0) is 4.79 Å². The van der Waals surface area contributed by atoms with E-state index in [0.717, 1.165) is 40.9 Å². The molecule has 1 aliphatic rings. The molecule has 2 heterocycles. The molecule has 1 saturated heterocycles. The molecule has 2 N–H and O–H groups in total. The number of amides is 1. The first-order valence-electron chi connectivity index (χ1n) is 9.71. The van der Waals surface area contributed by atoms with Crippen molar-refractivity contribution >= 4 is 33.5 Å². The van der Waals surface area contributed by atoms with Crippen molar-refractivity contribution in [2.45, 2.75) is 32.7 Å². The molecule has 2 aromatic carbocycles. The number of fused-ring (bicyclic) bond motifs is 3. The van der Waals surface area contributed by atoms with Gasteiger partial charge < -0.3 is 19.4 Å². The molecule has 1 aromatic heterocycles. The molecule has 0 saturated carbocycles. The summed E-state index contributed by atoms with van der Waals surface area (Å²) in [5.74, 6) is 1.43. The predicted molar refractivity (Wildman–Crippen MR) is 107 cm³/mol.